The monoisotopic (exact) mass is 291 g/mol. The third-order valence-corrected chi connectivity index (χ3v) is 4.95. The Hall–Kier alpha value is -0.840. The van der Waals surface area contributed by atoms with E-state index in [0.717, 1.165) is 24.9 Å². The van der Waals surface area contributed by atoms with Crippen LogP contribution in [0.3, 0.4) is 0 Å². The van der Waals surface area contributed by atoms with Gasteiger partial charge in [0.05, 0.1) is 12.8 Å². The number of nitrogens with zero attached hydrogens (tertiary/aromatic N) is 2. The summed E-state index contributed by atoms with van der Waals surface area (Å²) in [5, 5.41) is 3.49. The fraction of sp³-hybridized carbons (Fsp3) is 0.765. The van der Waals surface area contributed by atoms with Crippen LogP contribution in [0.5, 0.6) is 0 Å². The number of fused-ring (bicyclic) bond motifs is 1. The fourth-order valence-corrected chi connectivity index (χ4v) is 3.63. The van der Waals surface area contributed by atoms with Gasteiger partial charge in [0.25, 0.3) is 0 Å². The summed E-state index contributed by atoms with van der Waals surface area (Å²) in [4.78, 5) is 5.27. The van der Waals surface area contributed by atoms with E-state index in [0.29, 0.717) is 12.1 Å². The maximum atomic E-state index is 5.76. The van der Waals surface area contributed by atoms with Crippen LogP contribution in [0.15, 0.2) is 16.7 Å². The first-order valence-electron chi connectivity index (χ1n) is 8.40. The molecule has 2 unspecified atom stereocenters. The Kier molecular flexibility index (Phi) is 4.67. The molecule has 0 amide bonds. The molecular formula is C17H29N3O. The number of furan rings is 1. The lowest BCUT2D eigenvalue weighted by Crippen LogP contribution is -2.54. The molecule has 1 N–H and O–H groups in total. The normalized spacial score (nSPS) is 27.4. The van der Waals surface area contributed by atoms with Crippen molar-refractivity contribution in [2.75, 3.05) is 19.6 Å². The molecule has 2 aliphatic rings. The smallest absolute Gasteiger partial charge is 0.122 e. The van der Waals surface area contributed by atoms with Crippen molar-refractivity contribution < 1.29 is 4.42 Å². The number of rotatable bonds is 5. The molecule has 21 heavy (non-hydrogen) atoms. The SMILES string of the molecule is CC(C)NCc1ccoc1CN1CC2CCCN2CC1C. The van der Waals surface area contributed by atoms with Crippen LogP contribution in [0.4, 0.5) is 0 Å². The van der Waals surface area contributed by atoms with Gasteiger partial charge in [0.2, 0.25) is 0 Å². The van der Waals surface area contributed by atoms with Crippen LogP contribution in [0, 0.1) is 0 Å². The van der Waals surface area contributed by atoms with Gasteiger partial charge >= 0.3 is 0 Å². The van der Waals surface area contributed by atoms with Crippen molar-refractivity contribution in [1.82, 2.24) is 15.1 Å². The minimum Gasteiger partial charge on any atom is -0.468 e. The molecule has 2 fully saturated rings. The summed E-state index contributed by atoms with van der Waals surface area (Å²) >= 11 is 0. The Labute approximate surface area is 128 Å². The molecule has 0 spiro atoms. The predicted molar refractivity (Wildman–Crippen MR) is 85.2 cm³/mol. The zero-order valence-corrected chi connectivity index (χ0v) is 13.6. The number of piperazine rings is 1. The summed E-state index contributed by atoms with van der Waals surface area (Å²) in [5.74, 6) is 1.14. The topological polar surface area (TPSA) is 31.7 Å². The maximum Gasteiger partial charge on any atom is 0.122 e. The molecule has 118 valence electrons. The van der Waals surface area contributed by atoms with Crippen LogP contribution in [-0.4, -0.2) is 47.6 Å². The van der Waals surface area contributed by atoms with Gasteiger partial charge in [-0.25, -0.2) is 0 Å². The lowest BCUT2D eigenvalue weighted by atomic mass is 10.1. The zero-order chi connectivity index (χ0) is 14.8. The van der Waals surface area contributed by atoms with Crippen molar-refractivity contribution in [1.29, 1.82) is 0 Å². The van der Waals surface area contributed by atoms with E-state index in [1.165, 1.54) is 38.0 Å². The van der Waals surface area contributed by atoms with Gasteiger partial charge in [0, 0.05) is 43.3 Å². The standard InChI is InChI=1S/C17H29N3O/c1-13(2)18-9-15-6-8-21-17(15)12-20-11-16-5-4-7-19(16)10-14(20)3/h6,8,13-14,16,18H,4-5,7,9-12H2,1-3H3. The maximum absolute atomic E-state index is 5.76. The quantitative estimate of drug-likeness (QED) is 0.903. The van der Waals surface area contributed by atoms with Crippen molar-refractivity contribution in [2.45, 2.75) is 64.8 Å². The molecule has 2 atom stereocenters. The largest absolute Gasteiger partial charge is 0.468 e. The fourth-order valence-electron chi connectivity index (χ4n) is 3.63. The summed E-state index contributed by atoms with van der Waals surface area (Å²) in [5.41, 5.74) is 1.31. The van der Waals surface area contributed by atoms with Crippen molar-refractivity contribution in [3.05, 3.63) is 23.7 Å². The van der Waals surface area contributed by atoms with Crippen LogP contribution >= 0.6 is 0 Å². The first-order valence-corrected chi connectivity index (χ1v) is 8.40. The van der Waals surface area contributed by atoms with E-state index in [1.54, 1.807) is 0 Å². The van der Waals surface area contributed by atoms with Gasteiger partial charge in [-0.1, -0.05) is 13.8 Å². The molecule has 0 aromatic carbocycles. The molecule has 0 aliphatic carbocycles. The molecule has 4 nitrogen and oxygen atoms in total. The van der Waals surface area contributed by atoms with Crippen LogP contribution in [0.25, 0.3) is 0 Å². The summed E-state index contributed by atoms with van der Waals surface area (Å²) < 4.78 is 5.76. The highest BCUT2D eigenvalue weighted by molar-refractivity contribution is 5.17. The van der Waals surface area contributed by atoms with Gasteiger partial charge in [-0.2, -0.15) is 0 Å². The average molecular weight is 291 g/mol. The van der Waals surface area contributed by atoms with Gasteiger partial charge in [0.1, 0.15) is 5.76 Å². The highest BCUT2D eigenvalue weighted by atomic mass is 16.3. The van der Waals surface area contributed by atoms with Crippen molar-refractivity contribution in [3.63, 3.8) is 0 Å². The molecule has 3 rings (SSSR count). The van der Waals surface area contributed by atoms with Crippen LogP contribution in [0.1, 0.15) is 44.9 Å². The molecule has 4 heteroatoms. The second kappa shape index (κ2) is 6.51. The molecule has 1 aromatic heterocycles. The Balaban J connectivity index is 1.62. The van der Waals surface area contributed by atoms with Crippen LogP contribution in [-0.2, 0) is 13.1 Å². The molecule has 0 saturated carbocycles. The van der Waals surface area contributed by atoms with E-state index >= 15 is 0 Å². The van der Waals surface area contributed by atoms with E-state index in [2.05, 4.69) is 42.0 Å². The van der Waals surface area contributed by atoms with Crippen molar-refractivity contribution >= 4 is 0 Å². The average Bonchev–Trinajstić information content (AvgIpc) is 3.05. The van der Waals surface area contributed by atoms with E-state index < -0.39 is 0 Å². The van der Waals surface area contributed by atoms with Crippen molar-refractivity contribution in [2.24, 2.45) is 0 Å². The molecular weight excluding hydrogens is 262 g/mol. The lowest BCUT2D eigenvalue weighted by Gasteiger charge is -2.42. The number of hydrogen-bond acceptors (Lipinski definition) is 4. The Bertz CT molecular complexity index is 457. The molecule has 3 heterocycles. The highest BCUT2D eigenvalue weighted by Gasteiger charge is 2.34. The first kappa shape index (κ1) is 15.1. The molecule has 0 bridgehead atoms. The molecule has 1 aromatic rings. The summed E-state index contributed by atoms with van der Waals surface area (Å²) in [6.45, 7) is 12.3. The molecule has 2 saturated heterocycles. The molecule has 0 radical (unpaired) electrons. The van der Waals surface area contributed by atoms with Gasteiger partial charge in [-0.05, 0) is 32.4 Å². The third-order valence-electron chi connectivity index (χ3n) is 4.95. The Morgan fingerprint density at radius 1 is 1.38 bits per heavy atom. The van der Waals surface area contributed by atoms with Gasteiger partial charge in [-0.3, -0.25) is 9.80 Å². The molecule has 2 aliphatic heterocycles. The van der Waals surface area contributed by atoms with E-state index in [1.807, 2.05) is 6.26 Å². The second-order valence-electron chi connectivity index (χ2n) is 6.97. The summed E-state index contributed by atoms with van der Waals surface area (Å²) in [7, 11) is 0. The third kappa shape index (κ3) is 3.50. The number of nitrogens with one attached hydrogen (secondary N) is 1. The first-order chi connectivity index (χ1) is 10.1. The minimum absolute atomic E-state index is 0.508. The van der Waals surface area contributed by atoms with Gasteiger partial charge < -0.3 is 9.73 Å². The Morgan fingerprint density at radius 2 is 2.24 bits per heavy atom. The predicted octanol–water partition coefficient (Wildman–Crippen LogP) is 2.45. The highest BCUT2D eigenvalue weighted by Crippen LogP contribution is 2.26. The lowest BCUT2D eigenvalue weighted by molar-refractivity contribution is 0.0491. The minimum atomic E-state index is 0.508. The van der Waals surface area contributed by atoms with E-state index in [9.17, 15) is 0 Å². The summed E-state index contributed by atoms with van der Waals surface area (Å²) in [6.07, 6.45) is 4.57. The van der Waals surface area contributed by atoms with E-state index in [4.69, 9.17) is 4.42 Å². The van der Waals surface area contributed by atoms with Crippen LogP contribution < -0.4 is 5.32 Å². The van der Waals surface area contributed by atoms with Crippen molar-refractivity contribution in [3.8, 4) is 0 Å². The Morgan fingerprint density at radius 3 is 3.05 bits per heavy atom. The van der Waals surface area contributed by atoms with E-state index in [-0.39, 0.29) is 0 Å². The number of hydrogen-bond donors (Lipinski definition) is 1. The second-order valence-corrected chi connectivity index (χ2v) is 6.97. The summed E-state index contributed by atoms with van der Waals surface area (Å²) in [6, 6.07) is 4.01. The van der Waals surface area contributed by atoms with Gasteiger partial charge in [-0.15, -0.1) is 0 Å². The zero-order valence-electron chi connectivity index (χ0n) is 13.6. The van der Waals surface area contributed by atoms with Crippen LogP contribution in [0.2, 0.25) is 0 Å². The van der Waals surface area contributed by atoms with Gasteiger partial charge in [0.15, 0.2) is 0 Å².